The van der Waals surface area contributed by atoms with Gasteiger partial charge in [-0.25, -0.2) is 0 Å². The van der Waals surface area contributed by atoms with E-state index in [1.54, 1.807) is 0 Å². The third kappa shape index (κ3) is 8.57. The largest absolute Gasteiger partial charge is 0.379 e. The van der Waals surface area contributed by atoms with Gasteiger partial charge in [-0.15, -0.1) is 0 Å². The van der Waals surface area contributed by atoms with Gasteiger partial charge in [-0.2, -0.15) is 0 Å². The number of carbonyl (C=O) groups is 2. The predicted molar refractivity (Wildman–Crippen MR) is 116 cm³/mol. The molecule has 0 spiro atoms. The average molecular weight is 487 g/mol. The number of nitrogens with one attached hydrogen (secondary N) is 2. The quantitative estimate of drug-likeness (QED) is 0.415. The molecule has 0 atom stereocenters. The van der Waals surface area contributed by atoms with Crippen LogP contribution in [0.4, 0.5) is 5.69 Å². The van der Waals surface area contributed by atoms with Crippen LogP contribution in [0.5, 0.6) is 0 Å². The predicted octanol–water partition coefficient (Wildman–Crippen LogP) is 2.87. The first-order valence-corrected chi connectivity index (χ1v) is 10.7. The van der Waals surface area contributed by atoms with Crippen LogP contribution in [0.2, 0.25) is 0 Å². The third-order valence-corrected chi connectivity index (χ3v) is 5.18. The lowest BCUT2D eigenvalue weighted by Crippen LogP contribution is -2.43. The van der Waals surface area contributed by atoms with Gasteiger partial charge in [-0.05, 0) is 87.0 Å². The highest BCUT2D eigenvalue weighted by atomic mass is 127. The van der Waals surface area contributed by atoms with E-state index in [1.165, 1.54) is 0 Å². The fraction of sp³-hybridized carbons (Fsp3) is 0.600. The number of hydrogen-bond donors (Lipinski definition) is 2. The Labute approximate surface area is 175 Å². The molecule has 1 saturated heterocycles. The molecule has 2 N–H and O–H groups in total. The number of benzene rings is 1. The SMILES string of the molecule is CC(C)OCCCNC(=O)C1CCN(CC(=O)Nc2cccc(I)c2)CC1. The molecule has 6 nitrogen and oxygen atoms in total. The number of likely N-dealkylation sites (tertiary alicyclic amines) is 1. The molecule has 0 saturated carbocycles. The molecule has 1 heterocycles. The van der Waals surface area contributed by atoms with Crippen molar-refractivity contribution in [3.63, 3.8) is 0 Å². The first-order chi connectivity index (χ1) is 12.9. The lowest BCUT2D eigenvalue weighted by Gasteiger charge is -2.30. The summed E-state index contributed by atoms with van der Waals surface area (Å²) in [6, 6.07) is 7.75. The van der Waals surface area contributed by atoms with Gasteiger partial charge in [0.25, 0.3) is 0 Å². The summed E-state index contributed by atoms with van der Waals surface area (Å²) in [6.45, 7) is 7.26. The first kappa shape index (κ1) is 22.1. The van der Waals surface area contributed by atoms with E-state index in [9.17, 15) is 9.59 Å². The van der Waals surface area contributed by atoms with Gasteiger partial charge in [-0.1, -0.05) is 6.07 Å². The number of carbonyl (C=O) groups excluding carboxylic acids is 2. The van der Waals surface area contributed by atoms with E-state index in [2.05, 4.69) is 38.1 Å². The zero-order valence-electron chi connectivity index (χ0n) is 16.2. The lowest BCUT2D eigenvalue weighted by molar-refractivity contribution is -0.126. The molecule has 0 bridgehead atoms. The molecule has 1 aliphatic rings. The second-order valence-corrected chi connectivity index (χ2v) is 8.42. The summed E-state index contributed by atoms with van der Waals surface area (Å²) >= 11 is 2.23. The fourth-order valence-corrected chi connectivity index (χ4v) is 3.61. The summed E-state index contributed by atoms with van der Waals surface area (Å²) in [5.41, 5.74) is 0.822. The molecule has 0 radical (unpaired) electrons. The minimum atomic E-state index is -0.00921. The van der Waals surface area contributed by atoms with Crippen molar-refractivity contribution in [1.29, 1.82) is 0 Å². The van der Waals surface area contributed by atoms with Crippen LogP contribution in [0, 0.1) is 9.49 Å². The normalized spacial score (nSPS) is 15.7. The van der Waals surface area contributed by atoms with Crippen molar-refractivity contribution < 1.29 is 14.3 Å². The van der Waals surface area contributed by atoms with Crippen LogP contribution in [0.25, 0.3) is 0 Å². The number of rotatable bonds is 9. The Morgan fingerprint density at radius 3 is 2.70 bits per heavy atom. The summed E-state index contributed by atoms with van der Waals surface area (Å²) < 4.78 is 6.56. The fourth-order valence-electron chi connectivity index (χ4n) is 3.07. The number of anilines is 1. The monoisotopic (exact) mass is 487 g/mol. The summed E-state index contributed by atoms with van der Waals surface area (Å²) in [4.78, 5) is 26.6. The molecule has 7 heteroatoms. The van der Waals surface area contributed by atoms with Gasteiger partial charge in [0.2, 0.25) is 11.8 Å². The number of piperidine rings is 1. The Kier molecular flexibility index (Phi) is 9.50. The van der Waals surface area contributed by atoms with Gasteiger partial charge >= 0.3 is 0 Å². The minimum absolute atomic E-state index is 0.00921. The van der Waals surface area contributed by atoms with Crippen molar-refractivity contribution in [2.24, 2.45) is 5.92 Å². The Balaban J connectivity index is 1.63. The Hall–Kier alpha value is -1.19. The van der Waals surface area contributed by atoms with Crippen LogP contribution in [0.1, 0.15) is 33.1 Å². The zero-order valence-corrected chi connectivity index (χ0v) is 18.3. The summed E-state index contributed by atoms with van der Waals surface area (Å²) in [6.07, 6.45) is 2.66. The molecule has 0 aliphatic carbocycles. The van der Waals surface area contributed by atoms with E-state index in [-0.39, 0.29) is 23.8 Å². The Morgan fingerprint density at radius 1 is 1.30 bits per heavy atom. The molecule has 1 fully saturated rings. The Bertz CT molecular complexity index is 616. The summed E-state index contributed by atoms with van der Waals surface area (Å²) in [7, 11) is 0. The molecule has 0 unspecified atom stereocenters. The molecule has 1 aliphatic heterocycles. The number of hydrogen-bond acceptors (Lipinski definition) is 4. The van der Waals surface area contributed by atoms with E-state index in [1.807, 2.05) is 38.1 Å². The second-order valence-electron chi connectivity index (χ2n) is 7.17. The smallest absolute Gasteiger partial charge is 0.238 e. The molecule has 2 rings (SSSR count). The highest BCUT2D eigenvalue weighted by molar-refractivity contribution is 14.1. The van der Waals surface area contributed by atoms with Crippen molar-refractivity contribution in [3.05, 3.63) is 27.8 Å². The second kappa shape index (κ2) is 11.6. The Morgan fingerprint density at radius 2 is 2.04 bits per heavy atom. The topological polar surface area (TPSA) is 70.7 Å². The number of amides is 2. The highest BCUT2D eigenvalue weighted by Gasteiger charge is 2.25. The van der Waals surface area contributed by atoms with E-state index >= 15 is 0 Å². The standard InChI is InChI=1S/C20H30IN3O3/c1-15(2)27-12-4-9-22-20(26)16-7-10-24(11-8-16)14-19(25)23-18-6-3-5-17(21)13-18/h3,5-6,13,15-16H,4,7-12,14H2,1-2H3,(H,22,26)(H,23,25). The van der Waals surface area contributed by atoms with E-state index in [0.717, 1.165) is 41.6 Å². The van der Waals surface area contributed by atoms with E-state index in [0.29, 0.717) is 19.7 Å². The summed E-state index contributed by atoms with van der Waals surface area (Å²) in [5.74, 6) is 0.165. The van der Waals surface area contributed by atoms with Crippen molar-refractivity contribution >= 4 is 40.1 Å². The van der Waals surface area contributed by atoms with Crippen molar-refractivity contribution in [2.45, 2.75) is 39.2 Å². The van der Waals surface area contributed by atoms with Crippen LogP contribution in [0.15, 0.2) is 24.3 Å². The van der Waals surface area contributed by atoms with Crippen LogP contribution in [0.3, 0.4) is 0 Å². The molecule has 150 valence electrons. The molecule has 2 amide bonds. The maximum absolute atomic E-state index is 12.2. The molecule has 27 heavy (non-hydrogen) atoms. The van der Waals surface area contributed by atoms with Gasteiger partial charge in [0.05, 0.1) is 12.6 Å². The number of halogens is 1. The van der Waals surface area contributed by atoms with Gasteiger partial charge in [-0.3, -0.25) is 14.5 Å². The van der Waals surface area contributed by atoms with Crippen molar-refractivity contribution in [1.82, 2.24) is 10.2 Å². The van der Waals surface area contributed by atoms with Crippen LogP contribution < -0.4 is 10.6 Å². The third-order valence-electron chi connectivity index (χ3n) is 4.51. The van der Waals surface area contributed by atoms with Crippen LogP contribution >= 0.6 is 22.6 Å². The zero-order chi connectivity index (χ0) is 19.6. The molecule has 1 aromatic carbocycles. The van der Waals surface area contributed by atoms with Crippen molar-refractivity contribution in [3.8, 4) is 0 Å². The van der Waals surface area contributed by atoms with Gasteiger partial charge in [0.15, 0.2) is 0 Å². The van der Waals surface area contributed by atoms with Gasteiger partial charge in [0.1, 0.15) is 0 Å². The molecular formula is C20H30IN3O3. The van der Waals surface area contributed by atoms with Crippen LogP contribution in [-0.2, 0) is 14.3 Å². The number of nitrogens with zero attached hydrogens (tertiary/aromatic N) is 1. The molecule has 0 aromatic heterocycles. The molecular weight excluding hydrogens is 457 g/mol. The van der Waals surface area contributed by atoms with E-state index in [4.69, 9.17) is 4.74 Å². The maximum atomic E-state index is 12.2. The van der Waals surface area contributed by atoms with Gasteiger partial charge in [0, 0.05) is 28.3 Å². The minimum Gasteiger partial charge on any atom is -0.379 e. The average Bonchev–Trinajstić information content (AvgIpc) is 2.61. The maximum Gasteiger partial charge on any atom is 0.238 e. The first-order valence-electron chi connectivity index (χ1n) is 9.61. The van der Waals surface area contributed by atoms with Crippen molar-refractivity contribution in [2.75, 3.05) is 38.1 Å². The number of ether oxygens (including phenoxy) is 1. The highest BCUT2D eigenvalue weighted by Crippen LogP contribution is 2.18. The van der Waals surface area contributed by atoms with Gasteiger partial charge < -0.3 is 15.4 Å². The summed E-state index contributed by atoms with van der Waals surface area (Å²) in [5, 5.41) is 5.94. The lowest BCUT2D eigenvalue weighted by atomic mass is 9.96. The van der Waals surface area contributed by atoms with Crippen LogP contribution in [-0.4, -0.2) is 55.6 Å². The molecule has 1 aromatic rings. The van der Waals surface area contributed by atoms with E-state index < -0.39 is 0 Å².